The minimum absolute atomic E-state index is 0.0525. The summed E-state index contributed by atoms with van der Waals surface area (Å²) in [6.07, 6.45) is 6.32. The molecule has 1 saturated carbocycles. The number of amides is 2. The molecule has 0 saturated heterocycles. The van der Waals surface area contributed by atoms with Crippen molar-refractivity contribution < 1.29 is 9.59 Å². The van der Waals surface area contributed by atoms with Gasteiger partial charge in [-0.15, -0.1) is 0 Å². The molecule has 0 spiro atoms. The Bertz CT molecular complexity index is 1110. The molecule has 1 aliphatic carbocycles. The Morgan fingerprint density at radius 3 is 2.00 bits per heavy atom. The first kappa shape index (κ1) is 26.9. The van der Waals surface area contributed by atoms with E-state index in [9.17, 15) is 9.59 Å². The van der Waals surface area contributed by atoms with Crippen molar-refractivity contribution in [2.75, 3.05) is 0 Å². The van der Waals surface area contributed by atoms with Crippen molar-refractivity contribution in [3.8, 4) is 0 Å². The number of benzene rings is 3. The highest BCUT2D eigenvalue weighted by Gasteiger charge is 2.32. The van der Waals surface area contributed by atoms with E-state index in [2.05, 4.69) is 29.6 Å². The lowest BCUT2D eigenvalue weighted by molar-refractivity contribution is -0.142. The van der Waals surface area contributed by atoms with Crippen molar-refractivity contribution >= 4 is 23.4 Å². The molecule has 3 aromatic carbocycles. The summed E-state index contributed by atoms with van der Waals surface area (Å²) in [4.78, 5) is 29.4. The normalized spacial score (nSPS) is 14.8. The van der Waals surface area contributed by atoms with Crippen molar-refractivity contribution in [1.29, 1.82) is 0 Å². The van der Waals surface area contributed by atoms with Crippen LogP contribution < -0.4 is 5.32 Å². The van der Waals surface area contributed by atoms with Crippen LogP contribution in [-0.4, -0.2) is 28.8 Å². The lowest BCUT2D eigenvalue weighted by Crippen LogP contribution is -2.51. The van der Waals surface area contributed by atoms with Gasteiger partial charge in [-0.3, -0.25) is 9.59 Å². The summed E-state index contributed by atoms with van der Waals surface area (Å²) in [5, 5.41) is 3.86. The van der Waals surface area contributed by atoms with Crippen molar-refractivity contribution in [2.45, 2.75) is 76.4 Å². The van der Waals surface area contributed by atoms with Crippen LogP contribution >= 0.6 is 11.6 Å². The average molecular weight is 517 g/mol. The van der Waals surface area contributed by atoms with Crippen molar-refractivity contribution in [3.63, 3.8) is 0 Å². The minimum atomic E-state index is -0.558. The zero-order valence-corrected chi connectivity index (χ0v) is 22.4. The summed E-state index contributed by atoms with van der Waals surface area (Å²) < 4.78 is 0. The van der Waals surface area contributed by atoms with E-state index in [0.29, 0.717) is 18.0 Å². The van der Waals surface area contributed by atoms with Crippen LogP contribution in [0.4, 0.5) is 0 Å². The summed E-state index contributed by atoms with van der Waals surface area (Å²) >= 11 is 6.52. The second kappa shape index (κ2) is 13.4. The zero-order valence-electron chi connectivity index (χ0n) is 21.6. The van der Waals surface area contributed by atoms with Gasteiger partial charge in [-0.25, -0.2) is 0 Å². The molecule has 1 N–H and O–H groups in total. The van der Waals surface area contributed by atoms with Crippen molar-refractivity contribution in [1.82, 2.24) is 10.2 Å². The van der Waals surface area contributed by atoms with Gasteiger partial charge in [0.25, 0.3) is 0 Å². The maximum atomic E-state index is 14.1. The highest BCUT2D eigenvalue weighted by Crippen LogP contribution is 2.30. The summed E-state index contributed by atoms with van der Waals surface area (Å²) in [6.45, 7) is 2.27. The number of nitrogens with zero attached hydrogens (tertiary/aromatic N) is 1. The van der Waals surface area contributed by atoms with E-state index in [1.165, 1.54) is 6.42 Å². The molecule has 0 bridgehead atoms. The molecule has 4 rings (SSSR count). The first-order valence-corrected chi connectivity index (χ1v) is 13.9. The number of hydrogen-bond acceptors (Lipinski definition) is 2. The fourth-order valence-corrected chi connectivity index (χ4v) is 5.56. The molecule has 1 fully saturated rings. The molecular weight excluding hydrogens is 480 g/mol. The van der Waals surface area contributed by atoms with Crippen molar-refractivity contribution in [3.05, 3.63) is 107 Å². The summed E-state index contributed by atoms with van der Waals surface area (Å²) in [7, 11) is 0. The van der Waals surface area contributed by atoms with Gasteiger partial charge in [-0.1, -0.05) is 117 Å². The van der Waals surface area contributed by atoms with E-state index in [0.717, 1.165) is 42.4 Å². The number of rotatable bonds is 10. The molecule has 37 heavy (non-hydrogen) atoms. The number of hydrogen-bond donors (Lipinski definition) is 1. The van der Waals surface area contributed by atoms with Crippen LogP contribution in [0.25, 0.3) is 0 Å². The molecule has 0 heterocycles. The third kappa shape index (κ3) is 7.23. The predicted octanol–water partition coefficient (Wildman–Crippen LogP) is 7.12. The van der Waals surface area contributed by atoms with Crippen LogP contribution in [0, 0.1) is 0 Å². The summed E-state index contributed by atoms with van der Waals surface area (Å²) in [5.74, 6) is -0.225. The van der Waals surface area contributed by atoms with Gasteiger partial charge in [0.15, 0.2) is 0 Å². The highest BCUT2D eigenvalue weighted by molar-refractivity contribution is 6.31. The summed E-state index contributed by atoms with van der Waals surface area (Å²) in [5.41, 5.74) is 3.01. The third-order valence-electron chi connectivity index (χ3n) is 7.42. The van der Waals surface area contributed by atoms with E-state index < -0.39 is 6.04 Å². The largest absolute Gasteiger partial charge is 0.352 e. The quantitative estimate of drug-likeness (QED) is 0.312. The topological polar surface area (TPSA) is 49.4 Å². The van der Waals surface area contributed by atoms with Gasteiger partial charge < -0.3 is 10.2 Å². The van der Waals surface area contributed by atoms with Gasteiger partial charge >= 0.3 is 0 Å². The van der Waals surface area contributed by atoms with E-state index in [1.54, 1.807) is 4.90 Å². The number of carbonyl (C=O) groups excluding carboxylic acids is 2. The molecule has 0 unspecified atom stereocenters. The molecular formula is C32H37ClN2O2. The Kier molecular flexibility index (Phi) is 9.78. The van der Waals surface area contributed by atoms with E-state index in [4.69, 9.17) is 11.6 Å². The van der Waals surface area contributed by atoms with Gasteiger partial charge in [-0.05, 0) is 42.0 Å². The molecule has 4 nitrogen and oxygen atoms in total. The van der Waals surface area contributed by atoms with E-state index in [1.807, 2.05) is 67.6 Å². The Morgan fingerprint density at radius 1 is 0.865 bits per heavy atom. The number of halogens is 1. The molecule has 0 radical (unpaired) electrons. The van der Waals surface area contributed by atoms with Gasteiger partial charge in [0.2, 0.25) is 11.8 Å². The molecule has 194 valence electrons. The minimum Gasteiger partial charge on any atom is -0.352 e. The lowest BCUT2D eigenvalue weighted by atomic mass is 9.88. The van der Waals surface area contributed by atoms with Crippen LogP contribution in [0.1, 0.15) is 74.5 Å². The van der Waals surface area contributed by atoms with Gasteiger partial charge in [0, 0.05) is 29.9 Å². The van der Waals surface area contributed by atoms with Crippen LogP contribution in [0.3, 0.4) is 0 Å². The SMILES string of the molecule is CC[C@H](C(=O)NC1CCCCC1)N(Cc1ccccc1Cl)C(=O)CC(c1ccccc1)c1ccccc1. The predicted molar refractivity (Wildman–Crippen MR) is 150 cm³/mol. The zero-order chi connectivity index (χ0) is 26.0. The maximum absolute atomic E-state index is 14.1. The molecule has 0 aromatic heterocycles. The van der Waals surface area contributed by atoms with Crippen LogP contribution in [-0.2, 0) is 16.1 Å². The average Bonchev–Trinajstić information content (AvgIpc) is 2.94. The smallest absolute Gasteiger partial charge is 0.243 e. The molecule has 1 atom stereocenters. The standard InChI is InChI=1S/C32H37ClN2O2/c1-2-30(32(37)34-27-19-10-5-11-20-27)35(23-26-18-12-13-21-29(26)33)31(36)22-28(24-14-6-3-7-15-24)25-16-8-4-9-17-25/h3-4,6-9,12-18,21,27-28,30H,2,5,10-11,19-20,22-23H2,1H3,(H,34,37)/t30-/m1/s1. The fourth-order valence-electron chi connectivity index (χ4n) is 5.36. The van der Waals surface area contributed by atoms with E-state index >= 15 is 0 Å². The van der Waals surface area contributed by atoms with Gasteiger partial charge in [0.05, 0.1) is 0 Å². The maximum Gasteiger partial charge on any atom is 0.243 e. The first-order chi connectivity index (χ1) is 18.1. The number of nitrogens with one attached hydrogen (secondary N) is 1. The third-order valence-corrected chi connectivity index (χ3v) is 7.79. The molecule has 0 aliphatic heterocycles. The van der Waals surface area contributed by atoms with Crippen LogP contribution in [0.15, 0.2) is 84.9 Å². The Hall–Kier alpha value is -3.11. The van der Waals surface area contributed by atoms with Gasteiger partial charge in [-0.2, -0.15) is 0 Å². The molecule has 3 aromatic rings. The van der Waals surface area contributed by atoms with E-state index in [-0.39, 0.29) is 30.2 Å². The Labute approximate surface area is 226 Å². The molecule has 2 amide bonds. The first-order valence-electron chi connectivity index (χ1n) is 13.5. The number of carbonyl (C=O) groups is 2. The monoisotopic (exact) mass is 516 g/mol. The second-order valence-corrected chi connectivity index (χ2v) is 10.4. The lowest BCUT2D eigenvalue weighted by Gasteiger charge is -2.34. The second-order valence-electron chi connectivity index (χ2n) is 9.96. The van der Waals surface area contributed by atoms with Crippen LogP contribution in [0.2, 0.25) is 5.02 Å². The summed E-state index contributed by atoms with van der Waals surface area (Å²) in [6, 6.07) is 27.4. The van der Waals surface area contributed by atoms with Crippen LogP contribution in [0.5, 0.6) is 0 Å². The molecule has 5 heteroatoms. The highest BCUT2D eigenvalue weighted by atomic mass is 35.5. The Balaban J connectivity index is 1.63. The molecule has 1 aliphatic rings. The van der Waals surface area contributed by atoms with Gasteiger partial charge in [0.1, 0.15) is 6.04 Å². The van der Waals surface area contributed by atoms with Crippen molar-refractivity contribution in [2.24, 2.45) is 0 Å². The fraction of sp³-hybridized carbons (Fsp3) is 0.375. The Morgan fingerprint density at radius 2 is 1.43 bits per heavy atom.